The summed E-state index contributed by atoms with van der Waals surface area (Å²) in [6.45, 7) is 7.77. The van der Waals surface area contributed by atoms with E-state index in [0.29, 0.717) is 19.3 Å². The Balaban J connectivity index is 1.81. The van der Waals surface area contributed by atoms with Crippen molar-refractivity contribution in [3.8, 4) is 0 Å². The van der Waals surface area contributed by atoms with Crippen molar-refractivity contribution in [3.05, 3.63) is 71.8 Å². The number of ether oxygens (including phenoxy) is 2. The first-order chi connectivity index (χ1) is 21.6. The van der Waals surface area contributed by atoms with Crippen molar-refractivity contribution in [3.63, 3.8) is 0 Å². The summed E-state index contributed by atoms with van der Waals surface area (Å²) < 4.78 is 11.3. The second-order valence-electron chi connectivity index (χ2n) is 12.4. The minimum Gasteiger partial charge on any atom is -0.458 e. The van der Waals surface area contributed by atoms with Crippen molar-refractivity contribution in [2.45, 2.75) is 110 Å². The fraction of sp³-hybridized carbons (Fsp3) is 0.543. The lowest BCUT2D eigenvalue weighted by Gasteiger charge is -2.43. The summed E-state index contributed by atoms with van der Waals surface area (Å²) in [7, 11) is 0. The standard InChI is InChI=1S/C35H49N3O7/c1-5-6-7-8-15-21-29(24-31(39)36-44-26-28-19-13-10-14-20-28)32(40)38-30(33(41)45-35(2,3)4)22-16-23-37(38)34(42)43-25-27-17-11-9-12-18-27/h9-14,17-20,29-30H,5-8,15-16,21-26H2,1-4H3,(H,36,39)/t29-,30+/m1/s1. The van der Waals surface area contributed by atoms with E-state index in [1.807, 2.05) is 60.7 Å². The number of hydroxylamine groups is 1. The van der Waals surface area contributed by atoms with Gasteiger partial charge in [-0.1, -0.05) is 99.7 Å². The third-order valence-corrected chi connectivity index (χ3v) is 7.43. The molecule has 3 rings (SSSR count). The average Bonchev–Trinajstić information content (AvgIpc) is 3.02. The molecule has 0 aromatic heterocycles. The van der Waals surface area contributed by atoms with Crippen molar-refractivity contribution >= 4 is 23.9 Å². The maximum atomic E-state index is 14.4. The lowest BCUT2D eigenvalue weighted by Crippen LogP contribution is -2.62. The third-order valence-electron chi connectivity index (χ3n) is 7.43. The molecular weight excluding hydrogens is 574 g/mol. The van der Waals surface area contributed by atoms with Gasteiger partial charge in [-0.2, -0.15) is 0 Å². The van der Waals surface area contributed by atoms with Gasteiger partial charge in [0.2, 0.25) is 11.8 Å². The van der Waals surface area contributed by atoms with Crippen molar-refractivity contribution in [1.29, 1.82) is 0 Å². The monoisotopic (exact) mass is 623 g/mol. The van der Waals surface area contributed by atoms with Crippen LogP contribution in [0.4, 0.5) is 4.79 Å². The topological polar surface area (TPSA) is 114 Å². The Labute approximate surface area is 267 Å². The predicted molar refractivity (Wildman–Crippen MR) is 170 cm³/mol. The number of unbranched alkanes of at least 4 members (excludes halogenated alkanes) is 4. The van der Waals surface area contributed by atoms with Gasteiger partial charge in [-0.3, -0.25) is 14.4 Å². The maximum Gasteiger partial charge on any atom is 0.429 e. The zero-order valence-electron chi connectivity index (χ0n) is 27.2. The second-order valence-corrected chi connectivity index (χ2v) is 12.4. The molecule has 1 heterocycles. The van der Waals surface area contributed by atoms with E-state index in [1.54, 1.807) is 20.8 Å². The molecule has 1 fully saturated rings. The van der Waals surface area contributed by atoms with Crippen molar-refractivity contribution < 1.29 is 33.5 Å². The van der Waals surface area contributed by atoms with E-state index < -0.39 is 41.4 Å². The van der Waals surface area contributed by atoms with Crippen LogP contribution in [0.5, 0.6) is 0 Å². The number of esters is 1. The van der Waals surface area contributed by atoms with Crippen LogP contribution in [0, 0.1) is 5.92 Å². The minimum absolute atomic E-state index is 0.0112. The van der Waals surface area contributed by atoms with Crippen molar-refractivity contribution in [1.82, 2.24) is 15.5 Å². The molecule has 45 heavy (non-hydrogen) atoms. The van der Waals surface area contributed by atoms with E-state index in [2.05, 4.69) is 12.4 Å². The van der Waals surface area contributed by atoms with Crippen LogP contribution in [0.3, 0.4) is 0 Å². The number of nitrogens with one attached hydrogen (secondary N) is 1. The van der Waals surface area contributed by atoms with Gasteiger partial charge in [0.15, 0.2) is 6.04 Å². The Hall–Kier alpha value is -3.92. The van der Waals surface area contributed by atoms with Crippen LogP contribution >= 0.6 is 0 Å². The molecule has 2 aromatic carbocycles. The summed E-state index contributed by atoms with van der Waals surface area (Å²) in [4.78, 5) is 59.7. The Morgan fingerprint density at radius 1 is 0.889 bits per heavy atom. The van der Waals surface area contributed by atoms with E-state index in [0.717, 1.165) is 43.2 Å². The predicted octanol–water partition coefficient (Wildman–Crippen LogP) is 6.49. The van der Waals surface area contributed by atoms with Gasteiger partial charge in [0.25, 0.3) is 0 Å². The molecule has 3 amide bonds. The number of carbonyl (C=O) groups excluding carboxylic acids is 4. The fourth-order valence-electron chi connectivity index (χ4n) is 5.20. The Morgan fingerprint density at radius 2 is 1.51 bits per heavy atom. The molecule has 2 aromatic rings. The lowest BCUT2D eigenvalue weighted by atomic mass is 9.94. The van der Waals surface area contributed by atoms with Crippen LogP contribution in [0.25, 0.3) is 0 Å². The Kier molecular flexibility index (Phi) is 14.3. The highest BCUT2D eigenvalue weighted by Gasteiger charge is 2.44. The Bertz CT molecular complexity index is 1220. The molecule has 0 radical (unpaired) electrons. The van der Waals surface area contributed by atoms with Gasteiger partial charge >= 0.3 is 12.1 Å². The van der Waals surface area contributed by atoms with E-state index in [-0.39, 0.29) is 26.2 Å². The van der Waals surface area contributed by atoms with Gasteiger partial charge < -0.3 is 9.47 Å². The molecule has 2 atom stereocenters. The molecule has 0 aliphatic carbocycles. The molecule has 1 aliphatic heterocycles. The Morgan fingerprint density at radius 3 is 2.13 bits per heavy atom. The summed E-state index contributed by atoms with van der Waals surface area (Å²) in [6, 6.07) is 17.6. The molecule has 0 saturated carbocycles. The molecule has 246 valence electrons. The largest absolute Gasteiger partial charge is 0.458 e. The maximum absolute atomic E-state index is 14.4. The molecule has 0 spiro atoms. The second kappa shape index (κ2) is 18.1. The first-order valence-electron chi connectivity index (χ1n) is 16.1. The van der Waals surface area contributed by atoms with Crippen LogP contribution < -0.4 is 5.48 Å². The van der Waals surface area contributed by atoms with E-state index >= 15 is 0 Å². The summed E-state index contributed by atoms with van der Waals surface area (Å²) in [5.74, 6) is -2.34. The van der Waals surface area contributed by atoms with E-state index in [1.165, 1.54) is 10.0 Å². The quantitative estimate of drug-likeness (QED) is 0.137. The van der Waals surface area contributed by atoms with E-state index in [9.17, 15) is 19.2 Å². The van der Waals surface area contributed by atoms with Gasteiger partial charge in [-0.25, -0.2) is 25.1 Å². The minimum atomic E-state index is -1.03. The van der Waals surface area contributed by atoms with Gasteiger partial charge in [-0.05, 0) is 51.2 Å². The van der Waals surface area contributed by atoms with Gasteiger partial charge in [0.05, 0.1) is 6.61 Å². The first-order valence-corrected chi connectivity index (χ1v) is 16.1. The van der Waals surface area contributed by atoms with Crippen LogP contribution in [0.2, 0.25) is 0 Å². The normalized spacial score (nSPS) is 15.7. The molecular formula is C35H49N3O7. The SMILES string of the molecule is CCCCCCC[C@H](CC(=O)NOCc1ccccc1)C(=O)N1[C@H](C(=O)OC(C)(C)C)CCCN1C(=O)OCc1ccccc1. The smallest absolute Gasteiger partial charge is 0.429 e. The number of nitrogens with zero attached hydrogens (tertiary/aromatic N) is 2. The van der Waals surface area contributed by atoms with Gasteiger partial charge in [0.1, 0.15) is 12.2 Å². The molecule has 10 heteroatoms. The van der Waals surface area contributed by atoms with Crippen LogP contribution in [-0.2, 0) is 41.9 Å². The zero-order chi connectivity index (χ0) is 32.7. The zero-order valence-corrected chi connectivity index (χ0v) is 27.2. The molecule has 0 bridgehead atoms. The average molecular weight is 624 g/mol. The highest BCUT2D eigenvalue weighted by atomic mass is 16.6. The van der Waals surface area contributed by atoms with Gasteiger partial charge in [-0.15, -0.1) is 0 Å². The number of hydrogen-bond acceptors (Lipinski definition) is 7. The number of amides is 3. The van der Waals surface area contributed by atoms with Crippen LogP contribution in [0.1, 0.15) is 96.6 Å². The number of benzene rings is 2. The number of hydrazine groups is 1. The summed E-state index contributed by atoms with van der Waals surface area (Å²) >= 11 is 0. The summed E-state index contributed by atoms with van der Waals surface area (Å²) in [6.07, 6.45) is 5.12. The summed E-state index contributed by atoms with van der Waals surface area (Å²) in [5, 5.41) is 2.40. The van der Waals surface area contributed by atoms with Crippen molar-refractivity contribution in [2.75, 3.05) is 6.54 Å². The summed E-state index contributed by atoms with van der Waals surface area (Å²) in [5.41, 5.74) is 3.35. The van der Waals surface area contributed by atoms with Crippen LogP contribution in [-0.4, -0.2) is 52.1 Å². The van der Waals surface area contributed by atoms with E-state index in [4.69, 9.17) is 14.3 Å². The third kappa shape index (κ3) is 12.2. The van der Waals surface area contributed by atoms with Gasteiger partial charge in [0, 0.05) is 18.9 Å². The number of hydrogen-bond donors (Lipinski definition) is 1. The fourth-order valence-corrected chi connectivity index (χ4v) is 5.20. The van der Waals surface area contributed by atoms with Crippen LogP contribution in [0.15, 0.2) is 60.7 Å². The number of rotatable bonds is 15. The lowest BCUT2D eigenvalue weighted by molar-refractivity contribution is -0.183. The molecule has 1 N–H and O–H groups in total. The first kappa shape index (κ1) is 35.6. The highest BCUT2D eigenvalue weighted by Crippen LogP contribution is 2.28. The highest BCUT2D eigenvalue weighted by molar-refractivity contribution is 5.90. The van der Waals surface area contributed by atoms with Crippen molar-refractivity contribution in [2.24, 2.45) is 5.92 Å². The molecule has 1 aliphatic rings. The molecule has 10 nitrogen and oxygen atoms in total. The number of carbonyl (C=O) groups is 4. The molecule has 1 saturated heterocycles. The molecule has 0 unspecified atom stereocenters.